The monoisotopic (exact) mass is 396 g/mol. The number of nitrogens with zero attached hydrogens (tertiary/aromatic N) is 2. The van der Waals surface area contributed by atoms with E-state index in [0.717, 1.165) is 41.6 Å². The molecule has 0 radical (unpaired) electrons. The van der Waals surface area contributed by atoms with Crippen LogP contribution in [0.2, 0.25) is 0 Å². The molecule has 4 rings (SSSR count). The van der Waals surface area contributed by atoms with E-state index >= 15 is 0 Å². The second-order valence-electron chi connectivity index (χ2n) is 7.67. The molecule has 7 heteroatoms. The van der Waals surface area contributed by atoms with Crippen LogP contribution in [0.1, 0.15) is 45.0 Å². The van der Waals surface area contributed by atoms with E-state index in [-0.39, 0.29) is 11.9 Å². The van der Waals surface area contributed by atoms with Crippen LogP contribution in [-0.4, -0.2) is 40.5 Å². The molecule has 154 valence electrons. The van der Waals surface area contributed by atoms with Gasteiger partial charge in [0.25, 0.3) is 0 Å². The van der Waals surface area contributed by atoms with Crippen LogP contribution in [0.15, 0.2) is 36.4 Å². The number of ether oxygens (including phenoxy) is 1. The van der Waals surface area contributed by atoms with Gasteiger partial charge in [0.05, 0.1) is 24.2 Å². The fourth-order valence-corrected chi connectivity index (χ4v) is 3.74. The first-order chi connectivity index (χ1) is 13.9. The van der Waals surface area contributed by atoms with E-state index in [9.17, 15) is 9.59 Å². The summed E-state index contributed by atoms with van der Waals surface area (Å²) in [6.07, 6.45) is 1.90. The maximum absolute atomic E-state index is 12.6. The van der Waals surface area contributed by atoms with Gasteiger partial charge in [-0.05, 0) is 30.2 Å². The summed E-state index contributed by atoms with van der Waals surface area (Å²) in [4.78, 5) is 32.3. The Bertz CT molecular complexity index is 1010. The number of aromatic amines is 1. The molecule has 0 aliphatic carbocycles. The number of nitrogens with two attached hydrogens (primary N) is 1. The van der Waals surface area contributed by atoms with Crippen molar-refractivity contribution in [2.24, 2.45) is 11.7 Å². The Hall–Kier alpha value is -3.09. The van der Waals surface area contributed by atoms with Gasteiger partial charge in [0.1, 0.15) is 5.82 Å². The fourth-order valence-electron chi connectivity index (χ4n) is 3.74. The van der Waals surface area contributed by atoms with Crippen molar-refractivity contribution in [3.8, 4) is 0 Å². The van der Waals surface area contributed by atoms with E-state index in [1.54, 1.807) is 0 Å². The number of benzene rings is 2. The van der Waals surface area contributed by atoms with Crippen molar-refractivity contribution in [2.45, 2.75) is 39.2 Å². The summed E-state index contributed by atoms with van der Waals surface area (Å²) in [7, 11) is 1.22. The number of carbonyl (C=O) groups excluding carboxylic acids is 2. The summed E-state index contributed by atoms with van der Waals surface area (Å²) < 4.78 is 3.89. The molecular weight excluding hydrogens is 368 g/mol. The van der Waals surface area contributed by atoms with Crippen LogP contribution in [-0.2, 0) is 9.53 Å². The summed E-state index contributed by atoms with van der Waals surface area (Å²) in [6.45, 7) is 5.03. The number of likely N-dealkylation sites (tertiary alicyclic amines) is 1. The smallest absolute Gasteiger partial charge is 0.404 e. The van der Waals surface area contributed by atoms with Crippen LogP contribution < -0.4 is 5.73 Å². The third-order valence-electron chi connectivity index (χ3n) is 5.07. The van der Waals surface area contributed by atoms with Gasteiger partial charge in [-0.3, -0.25) is 4.79 Å². The second-order valence-corrected chi connectivity index (χ2v) is 7.67. The van der Waals surface area contributed by atoms with Gasteiger partial charge in [-0.15, -0.1) is 0 Å². The number of hydrogen-bond donors (Lipinski definition) is 2. The average Bonchev–Trinajstić information content (AvgIpc) is 3.34. The molecule has 0 spiro atoms. The normalized spacial score (nSPS) is 16.1. The summed E-state index contributed by atoms with van der Waals surface area (Å²) >= 11 is 0. The number of hydrogen-bond acceptors (Lipinski definition) is 4. The first kappa shape index (κ1) is 20.6. The zero-order valence-electron chi connectivity index (χ0n) is 17.1. The molecule has 2 heterocycles. The molecule has 0 bridgehead atoms. The standard InChI is InChI=1S/C20H23N3O.C2H5NO2/c1-13(2)12-18(24)23-11-5-8-17(23)20-21-16-10-9-14-6-3-4-7-15(14)19(16)22-20;1-5-2(3)4/h3-4,6-7,9-10,13,17H,5,8,11-12H2,1-2H3,(H,21,22);1H3,(H2,3,4). The Balaban J connectivity index is 0.000000431. The van der Waals surface area contributed by atoms with Crippen LogP contribution in [0.4, 0.5) is 4.79 Å². The predicted molar refractivity (Wildman–Crippen MR) is 113 cm³/mol. The van der Waals surface area contributed by atoms with Gasteiger partial charge in [0.2, 0.25) is 5.91 Å². The molecule has 1 fully saturated rings. The molecule has 1 aliphatic rings. The summed E-state index contributed by atoms with van der Waals surface area (Å²) in [5, 5.41) is 2.36. The Morgan fingerprint density at radius 1 is 1.28 bits per heavy atom. The topological polar surface area (TPSA) is 101 Å². The summed E-state index contributed by atoms with van der Waals surface area (Å²) in [5.74, 6) is 1.56. The lowest BCUT2D eigenvalue weighted by Gasteiger charge is -2.24. The van der Waals surface area contributed by atoms with Crippen molar-refractivity contribution < 1.29 is 14.3 Å². The maximum Gasteiger partial charge on any atom is 0.404 e. The van der Waals surface area contributed by atoms with E-state index in [4.69, 9.17) is 4.98 Å². The van der Waals surface area contributed by atoms with Crippen LogP contribution >= 0.6 is 0 Å². The lowest BCUT2D eigenvalue weighted by Crippen LogP contribution is -2.31. The molecule has 29 heavy (non-hydrogen) atoms. The van der Waals surface area contributed by atoms with Crippen LogP contribution in [0.5, 0.6) is 0 Å². The highest BCUT2D eigenvalue weighted by atomic mass is 16.5. The second kappa shape index (κ2) is 8.94. The maximum atomic E-state index is 12.6. The van der Waals surface area contributed by atoms with Gasteiger partial charge in [0, 0.05) is 18.4 Å². The number of nitrogens with one attached hydrogen (secondary N) is 1. The quantitative estimate of drug-likeness (QED) is 0.695. The van der Waals surface area contributed by atoms with Crippen molar-refractivity contribution in [1.82, 2.24) is 14.9 Å². The molecule has 1 atom stereocenters. The van der Waals surface area contributed by atoms with Gasteiger partial charge in [-0.25, -0.2) is 9.78 Å². The Morgan fingerprint density at radius 3 is 2.69 bits per heavy atom. The summed E-state index contributed by atoms with van der Waals surface area (Å²) in [5.41, 5.74) is 6.48. The van der Waals surface area contributed by atoms with Crippen molar-refractivity contribution in [2.75, 3.05) is 13.7 Å². The van der Waals surface area contributed by atoms with Gasteiger partial charge < -0.3 is 20.4 Å². The predicted octanol–water partition coefficient (Wildman–Crippen LogP) is 4.14. The number of primary amides is 1. The largest absolute Gasteiger partial charge is 0.453 e. The molecule has 2 amide bonds. The molecular formula is C22H28N4O3. The first-order valence-corrected chi connectivity index (χ1v) is 9.91. The zero-order chi connectivity index (χ0) is 21.0. The Morgan fingerprint density at radius 2 is 2.00 bits per heavy atom. The van der Waals surface area contributed by atoms with E-state index in [0.29, 0.717) is 12.3 Å². The van der Waals surface area contributed by atoms with E-state index in [2.05, 4.69) is 53.6 Å². The average molecular weight is 396 g/mol. The van der Waals surface area contributed by atoms with Gasteiger partial charge in [-0.1, -0.05) is 44.2 Å². The molecule has 2 aromatic carbocycles. The lowest BCUT2D eigenvalue weighted by atomic mass is 10.1. The van der Waals surface area contributed by atoms with E-state index in [1.807, 2.05) is 17.0 Å². The highest BCUT2D eigenvalue weighted by molar-refractivity contribution is 6.04. The highest BCUT2D eigenvalue weighted by Gasteiger charge is 2.32. The number of fused-ring (bicyclic) bond motifs is 3. The SMILES string of the molecule is CC(C)CC(=O)N1CCCC1c1nc2c(ccc3ccccc32)[nH]1.COC(N)=O. The number of rotatable bonds is 3. The van der Waals surface area contributed by atoms with Crippen LogP contribution in [0.3, 0.4) is 0 Å². The molecule has 7 nitrogen and oxygen atoms in total. The number of amides is 2. The van der Waals surface area contributed by atoms with E-state index in [1.165, 1.54) is 12.5 Å². The van der Waals surface area contributed by atoms with Gasteiger partial charge >= 0.3 is 6.09 Å². The minimum absolute atomic E-state index is 0.0856. The third-order valence-corrected chi connectivity index (χ3v) is 5.07. The Kier molecular flexibility index (Phi) is 6.36. The fraction of sp³-hybridized carbons (Fsp3) is 0.409. The first-order valence-electron chi connectivity index (χ1n) is 9.91. The molecule has 1 saturated heterocycles. The number of H-pyrrole nitrogens is 1. The van der Waals surface area contributed by atoms with E-state index < -0.39 is 6.09 Å². The minimum Gasteiger partial charge on any atom is -0.453 e. The molecule has 3 N–H and O–H groups in total. The highest BCUT2D eigenvalue weighted by Crippen LogP contribution is 2.33. The van der Waals surface area contributed by atoms with Gasteiger partial charge in [0.15, 0.2) is 0 Å². The molecule has 1 aliphatic heterocycles. The number of methoxy groups -OCH3 is 1. The molecule has 3 aromatic rings. The van der Waals surface area contributed by atoms with Crippen molar-refractivity contribution in [3.05, 3.63) is 42.2 Å². The molecule has 1 aromatic heterocycles. The van der Waals surface area contributed by atoms with Crippen LogP contribution in [0.25, 0.3) is 21.8 Å². The third kappa shape index (κ3) is 4.67. The number of aromatic nitrogens is 2. The van der Waals surface area contributed by atoms with Crippen molar-refractivity contribution in [1.29, 1.82) is 0 Å². The lowest BCUT2D eigenvalue weighted by molar-refractivity contribution is -0.133. The molecule has 1 unspecified atom stereocenters. The summed E-state index contributed by atoms with van der Waals surface area (Å²) in [6, 6.07) is 12.6. The number of imidazole rings is 1. The zero-order valence-corrected chi connectivity index (χ0v) is 17.1. The number of carbonyl (C=O) groups is 2. The van der Waals surface area contributed by atoms with Gasteiger partial charge in [-0.2, -0.15) is 0 Å². The Labute approximate surface area is 170 Å². The van der Waals surface area contributed by atoms with Crippen molar-refractivity contribution in [3.63, 3.8) is 0 Å². The minimum atomic E-state index is -0.745. The molecule has 0 saturated carbocycles. The van der Waals surface area contributed by atoms with Crippen LogP contribution in [0, 0.1) is 5.92 Å². The van der Waals surface area contributed by atoms with Crippen molar-refractivity contribution >= 4 is 33.8 Å².